The van der Waals surface area contributed by atoms with E-state index in [1.165, 1.54) is 20.4 Å². The molecule has 4 nitrogen and oxygen atoms in total. The van der Waals surface area contributed by atoms with Gasteiger partial charge in [0.1, 0.15) is 11.4 Å². The smallest absolute Gasteiger partial charge is 0.356 e. The molecule has 2 rings (SSSR count). The van der Waals surface area contributed by atoms with Crippen LogP contribution in [0.2, 0.25) is 10.0 Å². The Morgan fingerprint density at radius 3 is 2.60 bits per heavy atom. The molecule has 0 aliphatic heterocycles. The van der Waals surface area contributed by atoms with Gasteiger partial charge < -0.3 is 9.47 Å². The van der Waals surface area contributed by atoms with Crippen LogP contribution in [0.3, 0.4) is 0 Å². The normalized spacial score (nSPS) is 10.2. The molecule has 2 aromatic rings. The van der Waals surface area contributed by atoms with Crippen molar-refractivity contribution in [1.29, 1.82) is 0 Å². The van der Waals surface area contributed by atoms with E-state index in [-0.39, 0.29) is 5.69 Å². The van der Waals surface area contributed by atoms with E-state index in [1.54, 1.807) is 24.3 Å². The predicted molar refractivity (Wildman–Crippen MR) is 77.6 cm³/mol. The van der Waals surface area contributed by atoms with E-state index in [0.29, 0.717) is 26.9 Å². The van der Waals surface area contributed by atoms with Gasteiger partial charge in [-0.3, -0.25) is 0 Å². The number of hydrogen-bond donors (Lipinski definition) is 0. The third kappa shape index (κ3) is 2.71. The van der Waals surface area contributed by atoms with Crippen LogP contribution < -0.4 is 4.74 Å². The standard InChI is InChI=1S/C14H11Cl2NO3/c1-19-11-4-3-9(15)13(16)12(11)8-5-6-17-10(7-8)14(18)20-2/h3-7H,1-2H3. The summed E-state index contributed by atoms with van der Waals surface area (Å²) < 4.78 is 9.93. The first-order chi connectivity index (χ1) is 9.58. The van der Waals surface area contributed by atoms with Crippen molar-refractivity contribution in [1.82, 2.24) is 4.98 Å². The highest BCUT2D eigenvalue weighted by molar-refractivity contribution is 6.44. The summed E-state index contributed by atoms with van der Waals surface area (Å²) in [7, 11) is 2.83. The number of aromatic nitrogens is 1. The fourth-order valence-electron chi connectivity index (χ4n) is 1.77. The van der Waals surface area contributed by atoms with E-state index >= 15 is 0 Å². The molecule has 0 atom stereocenters. The number of ether oxygens (including phenoxy) is 2. The number of carbonyl (C=O) groups excluding carboxylic acids is 1. The van der Waals surface area contributed by atoms with Crippen molar-refractivity contribution in [3.63, 3.8) is 0 Å². The molecule has 0 amide bonds. The van der Waals surface area contributed by atoms with Crippen molar-refractivity contribution in [2.75, 3.05) is 14.2 Å². The van der Waals surface area contributed by atoms with Gasteiger partial charge in [-0.1, -0.05) is 23.2 Å². The van der Waals surface area contributed by atoms with Crippen LogP contribution in [0.4, 0.5) is 0 Å². The molecule has 0 radical (unpaired) electrons. The van der Waals surface area contributed by atoms with Crippen molar-refractivity contribution < 1.29 is 14.3 Å². The van der Waals surface area contributed by atoms with Gasteiger partial charge in [-0.05, 0) is 29.8 Å². The molecule has 104 valence electrons. The van der Waals surface area contributed by atoms with Crippen LogP contribution in [0.5, 0.6) is 5.75 Å². The Kier molecular flexibility index (Phi) is 4.47. The molecule has 20 heavy (non-hydrogen) atoms. The number of benzene rings is 1. The molecular weight excluding hydrogens is 301 g/mol. The highest BCUT2D eigenvalue weighted by Gasteiger charge is 2.16. The third-order valence-electron chi connectivity index (χ3n) is 2.72. The van der Waals surface area contributed by atoms with Gasteiger partial charge in [-0.15, -0.1) is 0 Å². The number of carbonyl (C=O) groups is 1. The van der Waals surface area contributed by atoms with Crippen molar-refractivity contribution >= 4 is 29.2 Å². The number of methoxy groups -OCH3 is 2. The molecule has 1 heterocycles. The van der Waals surface area contributed by atoms with Gasteiger partial charge >= 0.3 is 5.97 Å². The first-order valence-electron chi connectivity index (χ1n) is 5.65. The lowest BCUT2D eigenvalue weighted by Gasteiger charge is -2.12. The number of nitrogens with zero attached hydrogens (tertiary/aromatic N) is 1. The zero-order valence-corrected chi connectivity index (χ0v) is 12.3. The average molecular weight is 312 g/mol. The van der Waals surface area contributed by atoms with Crippen molar-refractivity contribution in [3.8, 4) is 16.9 Å². The molecule has 0 spiro atoms. The molecule has 1 aromatic heterocycles. The molecule has 0 N–H and O–H groups in total. The second kappa shape index (κ2) is 6.11. The molecule has 0 bridgehead atoms. The Labute approximate surface area is 126 Å². The number of hydrogen-bond acceptors (Lipinski definition) is 4. The molecule has 6 heteroatoms. The maximum Gasteiger partial charge on any atom is 0.356 e. The predicted octanol–water partition coefficient (Wildman–Crippen LogP) is 3.85. The van der Waals surface area contributed by atoms with Gasteiger partial charge in [0, 0.05) is 11.8 Å². The molecular formula is C14H11Cl2NO3. The Bertz CT molecular complexity index is 659. The van der Waals surface area contributed by atoms with Crippen LogP contribution in [-0.4, -0.2) is 25.2 Å². The maximum absolute atomic E-state index is 11.5. The minimum absolute atomic E-state index is 0.183. The Morgan fingerprint density at radius 2 is 1.95 bits per heavy atom. The zero-order chi connectivity index (χ0) is 14.7. The summed E-state index contributed by atoms with van der Waals surface area (Å²) >= 11 is 12.3. The molecule has 0 unspecified atom stereocenters. The molecule has 1 aromatic carbocycles. The van der Waals surface area contributed by atoms with Crippen molar-refractivity contribution in [3.05, 3.63) is 46.2 Å². The van der Waals surface area contributed by atoms with Gasteiger partial charge in [0.2, 0.25) is 0 Å². The van der Waals surface area contributed by atoms with Gasteiger partial charge in [-0.2, -0.15) is 0 Å². The second-order valence-electron chi connectivity index (χ2n) is 3.86. The average Bonchev–Trinajstić information content (AvgIpc) is 2.49. The second-order valence-corrected chi connectivity index (χ2v) is 4.65. The first-order valence-corrected chi connectivity index (χ1v) is 6.40. The van der Waals surface area contributed by atoms with Crippen LogP contribution in [0.15, 0.2) is 30.5 Å². The Morgan fingerprint density at radius 1 is 1.20 bits per heavy atom. The van der Waals surface area contributed by atoms with Gasteiger partial charge in [0.15, 0.2) is 0 Å². The van der Waals surface area contributed by atoms with Crippen LogP contribution in [-0.2, 0) is 4.74 Å². The van der Waals surface area contributed by atoms with Gasteiger partial charge in [0.25, 0.3) is 0 Å². The van der Waals surface area contributed by atoms with Gasteiger partial charge in [0.05, 0.1) is 24.3 Å². The molecule has 0 saturated heterocycles. The van der Waals surface area contributed by atoms with E-state index in [0.717, 1.165) is 0 Å². The topological polar surface area (TPSA) is 48.4 Å². The Balaban J connectivity index is 2.62. The van der Waals surface area contributed by atoms with Crippen molar-refractivity contribution in [2.45, 2.75) is 0 Å². The zero-order valence-electron chi connectivity index (χ0n) is 10.8. The summed E-state index contributed by atoms with van der Waals surface area (Å²) in [5, 5.41) is 0.756. The maximum atomic E-state index is 11.5. The highest BCUT2D eigenvalue weighted by Crippen LogP contribution is 2.40. The molecule has 0 aliphatic rings. The van der Waals surface area contributed by atoms with Crippen LogP contribution in [0, 0.1) is 0 Å². The Hall–Kier alpha value is -1.78. The fraction of sp³-hybridized carbons (Fsp3) is 0.143. The lowest BCUT2D eigenvalue weighted by atomic mass is 10.0. The summed E-state index contributed by atoms with van der Waals surface area (Å²) in [5.41, 5.74) is 1.46. The monoisotopic (exact) mass is 311 g/mol. The summed E-state index contributed by atoms with van der Waals surface area (Å²) in [6.07, 6.45) is 1.50. The SMILES string of the molecule is COC(=O)c1cc(-c2c(OC)ccc(Cl)c2Cl)ccn1. The lowest BCUT2D eigenvalue weighted by molar-refractivity contribution is 0.0594. The van der Waals surface area contributed by atoms with E-state index < -0.39 is 5.97 Å². The quantitative estimate of drug-likeness (QED) is 0.808. The third-order valence-corrected chi connectivity index (χ3v) is 3.52. The number of esters is 1. The molecule has 0 fully saturated rings. The lowest BCUT2D eigenvalue weighted by Crippen LogP contribution is -2.04. The van der Waals surface area contributed by atoms with Crippen LogP contribution in [0.1, 0.15) is 10.5 Å². The van der Waals surface area contributed by atoms with Crippen LogP contribution >= 0.6 is 23.2 Å². The number of rotatable bonds is 3. The van der Waals surface area contributed by atoms with E-state index in [1.807, 2.05) is 0 Å². The fourth-order valence-corrected chi connectivity index (χ4v) is 2.20. The van der Waals surface area contributed by atoms with E-state index in [4.69, 9.17) is 27.9 Å². The number of pyridine rings is 1. The van der Waals surface area contributed by atoms with Crippen LogP contribution in [0.25, 0.3) is 11.1 Å². The minimum atomic E-state index is -0.524. The van der Waals surface area contributed by atoms with E-state index in [2.05, 4.69) is 9.72 Å². The van der Waals surface area contributed by atoms with Crippen molar-refractivity contribution in [2.24, 2.45) is 0 Å². The first kappa shape index (κ1) is 14.6. The summed E-state index contributed by atoms with van der Waals surface area (Å²) in [6.45, 7) is 0. The summed E-state index contributed by atoms with van der Waals surface area (Å²) in [5.74, 6) is 0.0328. The summed E-state index contributed by atoms with van der Waals surface area (Å²) in [6, 6.07) is 6.65. The van der Waals surface area contributed by atoms with Gasteiger partial charge in [-0.25, -0.2) is 9.78 Å². The highest BCUT2D eigenvalue weighted by atomic mass is 35.5. The minimum Gasteiger partial charge on any atom is -0.496 e. The van der Waals surface area contributed by atoms with E-state index in [9.17, 15) is 4.79 Å². The summed E-state index contributed by atoms with van der Waals surface area (Å²) in [4.78, 5) is 15.5. The largest absolute Gasteiger partial charge is 0.496 e. The molecule has 0 aliphatic carbocycles. The molecule has 0 saturated carbocycles. The number of halogens is 2.